The molecule has 0 aromatic rings. The van der Waals surface area contributed by atoms with E-state index in [1.54, 1.807) is 0 Å². The zero-order valence-corrected chi connectivity index (χ0v) is 8.21. The SMILES string of the molecule is C[C@H](N)C(=O)N[C@@H](C)C(=O)[SH](=O)=O. The molecule has 6 nitrogen and oxygen atoms in total. The molecular formula is C6H12N2O4S. The molecule has 0 radical (unpaired) electrons. The van der Waals surface area contributed by atoms with Crippen molar-refractivity contribution in [2.24, 2.45) is 5.73 Å². The minimum Gasteiger partial charge on any atom is -0.344 e. The van der Waals surface area contributed by atoms with Crippen molar-refractivity contribution in [2.75, 3.05) is 0 Å². The molecule has 3 N–H and O–H groups in total. The van der Waals surface area contributed by atoms with Crippen molar-refractivity contribution in [1.29, 1.82) is 0 Å². The van der Waals surface area contributed by atoms with Crippen molar-refractivity contribution in [2.45, 2.75) is 25.9 Å². The molecule has 0 aliphatic rings. The van der Waals surface area contributed by atoms with E-state index in [0.29, 0.717) is 0 Å². The van der Waals surface area contributed by atoms with Gasteiger partial charge in [0.05, 0.1) is 6.04 Å². The van der Waals surface area contributed by atoms with E-state index >= 15 is 0 Å². The molecule has 0 spiro atoms. The fourth-order valence-corrected chi connectivity index (χ4v) is 0.945. The fourth-order valence-electron chi connectivity index (χ4n) is 0.565. The van der Waals surface area contributed by atoms with E-state index in [4.69, 9.17) is 5.73 Å². The first-order valence-electron chi connectivity index (χ1n) is 3.60. The maximum Gasteiger partial charge on any atom is 0.265 e. The van der Waals surface area contributed by atoms with Crippen LogP contribution in [-0.4, -0.2) is 31.5 Å². The molecule has 76 valence electrons. The topological polar surface area (TPSA) is 106 Å². The number of carbonyl (C=O) groups is 2. The van der Waals surface area contributed by atoms with Gasteiger partial charge in [-0.15, -0.1) is 0 Å². The average Bonchev–Trinajstić information content (AvgIpc) is 2.02. The highest BCUT2D eigenvalue weighted by Gasteiger charge is 2.18. The first-order valence-corrected chi connectivity index (χ1v) is 4.78. The third-order valence-corrected chi connectivity index (χ3v) is 2.07. The molecule has 0 aromatic carbocycles. The number of rotatable bonds is 3. The Kier molecular flexibility index (Phi) is 4.57. The van der Waals surface area contributed by atoms with Gasteiger partial charge in [-0.1, -0.05) is 0 Å². The first kappa shape index (κ1) is 12.0. The summed E-state index contributed by atoms with van der Waals surface area (Å²) >= 11 is 0. The van der Waals surface area contributed by atoms with E-state index in [1.807, 2.05) is 0 Å². The summed E-state index contributed by atoms with van der Waals surface area (Å²) in [6, 6.07) is -1.81. The molecule has 1 amide bonds. The van der Waals surface area contributed by atoms with Crippen molar-refractivity contribution in [3.63, 3.8) is 0 Å². The van der Waals surface area contributed by atoms with Gasteiger partial charge in [-0.3, -0.25) is 9.59 Å². The van der Waals surface area contributed by atoms with Crippen LogP contribution in [0, 0.1) is 0 Å². The maximum atomic E-state index is 10.9. The molecular weight excluding hydrogens is 196 g/mol. The Bertz CT molecular complexity index is 276. The summed E-state index contributed by atoms with van der Waals surface area (Å²) < 4.78 is 20.4. The highest BCUT2D eigenvalue weighted by molar-refractivity contribution is 7.89. The van der Waals surface area contributed by atoms with E-state index < -0.39 is 33.8 Å². The minimum absolute atomic E-state index is 0.558. The van der Waals surface area contributed by atoms with Crippen LogP contribution in [0.4, 0.5) is 0 Å². The predicted octanol–water partition coefficient (Wildman–Crippen LogP) is -2.02. The van der Waals surface area contributed by atoms with E-state index in [-0.39, 0.29) is 0 Å². The third kappa shape index (κ3) is 4.00. The van der Waals surface area contributed by atoms with E-state index in [2.05, 4.69) is 5.32 Å². The smallest absolute Gasteiger partial charge is 0.265 e. The second-order valence-corrected chi connectivity index (χ2v) is 3.57. The van der Waals surface area contributed by atoms with Crippen molar-refractivity contribution >= 4 is 21.7 Å². The van der Waals surface area contributed by atoms with Gasteiger partial charge < -0.3 is 11.1 Å². The lowest BCUT2D eigenvalue weighted by atomic mass is 10.3. The van der Waals surface area contributed by atoms with Crippen molar-refractivity contribution in [3.8, 4) is 0 Å². The lowest BCUT2D eigenvalue weighted by molar-refractivity contribution is -0.125. The second kappa shape index (κ2) is 4.93. The van der Waals surface area contributed by atoms with Crippen LogP contribution in [0.3, 0.4) is 0 Å². The maximum absolute atomic E-state index is 10.9. The number of nitrogens with one attached hydrogen (secondary N) is 1. The Hall–Kier alpha value is -0.950. The van der Waals surface area contributed by atoms with Crippen LogP contribution in [0.25, 0.3) is 0 Å². The highest BCUT2D eigenvalue weighted by Crippen LogP contribution is 1.87. The van der Waals surface area contributed by atoms with E-state index in [9.17, 15) is 18.0 Å². The molecule has 0 unspecified atom stereocenters. The molecule has 13 heavy (non-hydrogen) atoms. The van der Waals surface area contributed by atoms with Crippen LogP contribution < -0.4 is 11.1 Å². The van der Waals surface area contributed by atoms with Crippen molar-refractivity contribution in [3.05, 3.63) is 0 Å². The van der Waals surface area contributed by atoms with Gasteiger partial charge in [-0.2, -0.15) is 0 Å². The molecule has 7 heteroatoms. The van der Waals surface area contributed by atoms with Gasteiger partial charge in [0, 0.05) is 0 Å². The standard InChI is InChI=1S/C6H12N2O4S/c1-3(7)5(9)8-4(2)6(10)13(11)12/h3-4,13H,7H2,1-2H3,(H,8,9)/t3-,4-/m0/s1. The minimum atomic E-state index is -3.15. The highest BCUT2D eigenvalue weighted by atomic mass is 32.2. The number of amides is 1. The van der Waals surface area contributed by atoms with Crippen LogP contribution in [0.15, 0.2) is 0 Å². The first-order chi connectivity index (χ1) is 5.86. The lowest BCUT2D eigenvalue weighted by Crippen LogP contribution is -2.46. The Morgan fingerprint density at radius 1 is 1.31 bits per heavy atom. The van der Waals surface area contributed by atoms with Crippen LogP contribution in [0.2, 0.25) is 0 Å². The summed E-state index contributed by atoms with van der Waals surface area (Å²) in [6.45, 7) is 2.72. The van der Waals surface area contributed by atoms with Crippen LogP contribution >= 0.6 is 0 Å². The molecule has 0 aromatic heterocycles. The van der Waals surface area contributed by atoms with Crippen LogP contribution in [-0.2, 0) is 20.3 Å². The zero-order chi connectivity index (χ0) is 10.6. The molecule has 2 atom stereocenters. The Morgan fingerprint density at radius 2 is 1.77 bits per heavy atom. The van der Waals surface area contributed by atoms with Crippen molar-refractivity contribution in [1.82, 2.24) is 5.32 Å². The third-order valence-electron chi connectivity index (χ3n) is 1.32. The molecule has 0 bridgehead atoms. The predicted molar refractivity (Wildman–Crippen MR) is 46.6 cm³/mol. The zero-order valence-electron chi connectivity index (χ0n) is 7.31. The van der Waals surface area contributed by atoms with Gasteiger partial charge in [-0.25, -0.2) is 8.42 Å². The fraction of sp³-hybridized carbons (Fsp3) is 0.667. The number of carbonyl (C=O) groups excluding carboxylic acids is 2. The molecule has 0 heterocycles. The molecule has 0 rings (SSSR count). The molecule has 0 aliphatic carbocycles. The molecule has 0 saturated heterocycles. The molecule has 0 saturated carbocycles. The van der Waals surface area contributed by atoms with Gasteiger partial charge in [0.25, 0.3) is 5.12 Å². The number of nitrogens with two attached hydrogens (primary N) is 1. The Morgan fingerprint density at radius 3 is 2.08 bits per heavy atom. The second-order valence-electron chi connectivity index (χ2n) is 2.61. The summed E-state index contributed by atoms with van der Waals surface area (Å²) in [7, 11) is -3.15. The van der Waals surface area contributed by atoms with E-state index in [0.717, 1.165) is 0 Å². The number of hydrogen-bond donors (Lipinski definition) is 3. The lowest BCUT2D eigenvalue weighted by Gasteiger charge is -2.11. The van der Waals surface area contributed by atoms with E-state index in [1.165, 1.54) is 13.8 Å². The Labute approximate surface area is 77.4 Å². The summed E-state index contributed by atoms with van der Waals surface area (Å²) in [6.07, 6.45) is 0. The van der Waals surface area contributed by atoms with Gasteiger partial charge in [-0.05, 0) is 13.8 Å². The largest absolute Gasteiger partial charge is 0.344 e. The van der Waals surface area contributed by atoms with Gasteiger partial charge in [0.15, 0.2) is 0 Å². The summed E-state index contributed by atoms with van der Waals surface area (Å²) in [4.78, 5) is 21.6. The van der Waals surface area contributed by atoms with Gasteiger partial charge in [0.2, 0.25) is 16.6 Å². The van der Waals surface area contributed by atoms with Gasteiger partial charge in [0.1, 0.15) is 6.04 Å². The van der Waals surface area contributed by atoms with Gasteiger partial charge >= 0.3 is 0 Å². The monoisotopic (exact) mass is 208 g/mol. The normalized spacial score (nSPS) is 15.1. The summed E-state index contributed by atoms with van der Waals surface area (Å²) in [5.74, 6) is -0.558. The van der Waals surface area contributed by atoms with Crippen LogP contribution in [0.1, 0.15) is 13.8 Å². The van der Waals surface area contributed by atoms with Crippen LogP contribution in [0.5, 0.6) is 0 Å². The molecule has 0 fully saturated rings. The number of hydrogen-bond acceptors (Lipinski definition) is 5. The van der Waals surface area contributed by atoms with Crippen molar-refractivity contribution < 1.29 is 18.0 Å². The summed E-state index contributed by atoms with van der Waals surface area (Å²) in [5.41, 5.74) is 5.19. The average molecular weight is 208 g/mol. The molecule has 0 aliphatic heterocycles. The Balaban J connectivity index is 4.24. The number of thiol groups is 1. The summed E-state index contributed by atoms with van der Waals surface area (Å²) in [5, 5.41) is 1.14. The quantitative estimate of drug-likeness (QED) is 0.464.